The zero-order chi connectivity index (χ0) is 7.56. The summed E-state index contributed by atoms with van der Waals surface area (Å²) in [6, 6.07) is 5.06. The Balaban J connectivity index is 3.25. The summed E-state index contributed by atoms with van der Waals surface area (Å²) in [4.78, 5) is 2.97. The summed E-state index contributed by atoms with van der Waals surface area (Å²) in [5.41, 5.74) is 0.371. The van der Waals surface area contributed by atoms with Gasteiger partial charge in [0.05, 0.1) is 0 Å². The molecule has 0 radical (unpaired) electrons. The van der Waals surface area contributed by atoms with Gasteiger partial charge in [0.15, 0.2) is 4.98 Å². The molecule has 0 heterocycles. The van der Waals surface area contributed by atoms with Gasteiger partial charge in [0.25, 0.3) is 0 Å². The molecule has 0 fully saturated rings. The number of diazo groups is 1. The fourth-order valence-corrected chi connectivity index (χ4v) is 1.07. The van der Waals surface area contributed by atoms with Crippen molar-refractivity contribution in [2.75, 3.05) is 0 Å². The molecule has 2 nitrogen and oxygen atoms in total. The van der Waals surface area contributed by atoms with Crippen molar-refractivity contribution in [1.29, 1.82) is 5.39 Å². The van der Waals surface area contributed by atoms with Crippen LogP contribution in [-0.2, 0) is 0 Å². The van der Waals surface area contributed by atoms with Gasteiger partial charge in [0, 0.05) is 10.5 Å². The summed E-state index contributed by atoms with van der Waals surface area (Å²) in [5.74, 6) is 0. The first-order chi connectivity index (χ1) is 4.74. The third-order valence-corrected chi connectivity index (χ3v) is 1.83. The van der Waals surface area contributed by atoms with E-state index in [1.54, 1.807) is 18.2 Å². The van der Waals surface area contributed by atoms with Gasteiger partial charge in [-0.05, 0) is 12.1 Å². The van der Waals surface area contributed by atoms with Crippen LogP contribution < -0.4 is 0 Å². The standard InChI is InChI=1S/C6H3BrClN2/c7-4-1-2-5(8)6(3-4)10-9/h1-3H/q+1. The van der Waals surface area contributed by atoms with Gasteiger partial charge >= 0.3 is 5.69 Å². The Morgan fingerprint density at radius 2 is 2.20 bits per heavy atom. The van der Waals surface area contributed by atoms with Crippen molar-refractivity contribution in [1.82, 2.24) is 0 Å². The summed E-state index contributed by atoms with van der Waals surface area (Å²) in [5, 5.41) is 8.80. The summed E-state index contributed by atoms with van der Waals surface area (Å²) < 4.78 is 0.838. The summed E-state index contributed by atoms with van der Waals surface area (Å²) in [6.45, 7) is 0. The smallest absolute Gasteiger partial charge is 0.0755 e. The number of hydrogen-bond acceptors (Lipinski definition) is 1. The first kappa shape index (κ1) is 7.52. The topological polar surface area (TPSA) is 28.1 Å². The Morgan fingerprint density at radius 1 is 1.50 bits per heavy atom. The van der Waals surface area contributed by atoms with Gasteiger partial charge < -0.3 is 0 Å². The predicted octanol–water partition coefficient (Wildman–Crippen LogP) is 3.59. The molecule has 0 saturated carbocycles. The van der Waals surface area contributed by atoms with E-state index in [1.807, 2.05) is 0 Å². The van der Waals surface area contributed by atoms with Crippen LogP contribution in [0, 0.1) is 5.39 Å². The lowest BCUT2D eigenvalue weighted by molar-refractivity contribution is 1.46. The maximum absolute atomic E-state index is 8.36. The molecule has 0 aliphatic rings. The Morgan fingerprint density at radius 3 is 2.70 bits per heavy atom. The lowest BCUT2D eigenvalue weighted by atomic mass is 10.3. The Kier molecular flexibility index (Phi) is 2.25. The minimum absolute atomic E-state index is 0.371. The van der Waals surface area contributed by atoms with Gasteiger partial charge in [-0.2, -0.15) is 0 Å². The molecule has 0 amide bonds. The van der Waals surface area contributed by atoms with Crippen molar-refractivity contribution in [2.45, 2.75) is 0 Å². The van der Waals surface area contributed by atoms with Crippen LogP contribution in [0.2, 0.25) is 5.02 Å². The van der Waals surface area contributed by atoms with E-state index in [0.29, 0.717) is 10.7 Å². The number of benzene rings is 1. The van der Waals surface area contributed by atoms with E-state index in [9.17, 15) is 0 Å². The second-order valence-electron chi connectivity index (χ2n) is 1.70. The van der Waals surface area contributed by atoms with Crippen LogP contribution in [0.5, 0.6) is 0 Å². The molecule has 0 aromatic heterocycles. The molecule has 4 heteroatoms. The van der Waals surface area contributed by atoms with E-state index < -0.39 is 0 Å². The number of rotatable bonds is 0. The highest BCUT2D eigenvalue weighted by Crippen LogP contribution is 2.27. The molecule has 0 saturated heterocycles. The zero-order valence-corrected chi connectivity index (χ0v) is 7.22. The van der Waals surface area contributed by atoms with E-state index in [4.69, 9.17) is 17.0 Å². The fraction of sp³-hybridized carbons (Fsp3) is 0. The van der Waals surface area contributed by atoms with Crippen LogP contribution in [0.4, 0.5) is 5.69 Å². The van der Waals surface area contributed by atoms with Gasteiger partial charge in [0.1, 0.15) is 5.02 Å². The van der Waals surface area contributed by atoms with Gasteiger partial charge in [-0.15, -0.1) is 0 Å². The maximum atomic E-state index is 8.36. The molecule has 0 N–H and O–H groups in total. The van der Waals surface area contributed by atoms with Gasteiger partial charge in [-0.25, -0.2) is 0 Å². The second kappa shape index (κ2) is 3.00. The Bertz CT molecular complexity index is 292. The van der Waals surface area contributed by atoms with E-state index in [2.05, 4.69) is 20.9 Å². The molecule has 0 aliphatic carbocycles. The average Bonchev–Trinajstić information content (AvgIpc) is 1.94. The van der Waals surface area contributed by atoms with Crippen molar-refractivity contribution >= 4 is 33.2 Å². The van der Waals surface area contributed by atoms with Crippen LogP contribution in [0.1, 0.15) is 0 Å². The lowest BCUT2D eigenvalue weighted by Crippen LogP contribution is -1.65. The monoisotopic (exact) mass is 217 g/mol. The second-order valence-corrected chi connectivity index (χ2v) is 3.02. The summed E-state index contributed by atoms with van der Waals surface area (Å²) >= 11 is 8.83. The molecular formula is C6H3BrClN2+. The summed E-state index contributed by atoms with van der Waals surface area (Å²) in [7, 11) is 0. The first-order valence-corrected chi connectivity index (χ1v) is 3.71. The number of halogens is 2. The largest absolute Gasteiger partial charge is 0.404 e. The molecule has 0 aliphatic heterocycles. The van der Waals surface area contributed by atoms with E-state index in [1.165, 1.54) is 0 Å². The minimum atomic E-state index is 0.371. The van der Waals surface area contributed by atoms with Crippen molar-refractivity contribution in [2.24, 2.45) is 0 Å². The average molecular weight is 218 g/mol. The fourth-order valence-electron chi connectivity index (χ4n) is 0.562. The highest BCUT2D eigenvalue weighted by Gasteiger charge is 2.10. The quantitative estimate of drug-likeness (QED) is 0.612. The van der Waals surface area contributed by atoms with E-state index >= 15 is 0 Å². The van der Waals surface area contributed by atoms with Crippen molar-refractivity contribution in [3.05, 3.63) is 32.7 Å². The van der Waals surface area contributed by atoms with Gasteiger partial charge in [0.2, 0.25) is 5.39 Å². The maximum Gasteiger partial charge on any atom is 0.404 e. The molecule has 1 rings (SSSR count). The van der Waals surface area contributed by atoms with Crippen molar-refractivity contribution in [3.63, 3.8) is 0 Å². The molecule has 0 spiro atoms. The predicted molar refractivity (Wildman–Crippen MR) is 43.9 cm³/mol. The van der Waals surface area contributed by atoms with E-state index in [0.717, 1.165) is 4.47 Å². The van der Waals surface area contributed by atoms with Crippen molar-refractivity contribution in [3.8, 4) is 0 Å². The third kappa shape index (κ3) is 1.47. The van der Waals surface area contributed by atoms with Gasteiger partial charge in [-0.1, -0.05) is 27.5 Å². The lowest BCUT2D eigenvalue weighted by Gasteiger charge is -1.84. The van der Waals surface area contributed by atoms with E-state index in [-0.39, 0.29) is 0 Å². The van der Waals surface area contributed by atoms with Crippen LogP contribution in [-0.4, -0.2) is 0 Å². The summed E-state index contributed by atoms with van der Waals surface area (Å²) in [6.07, 6.45) is 0. The van der Waals surface area contributed by atoms with Crippen LogP contribution in [0.3, 0.4) is 0 Å². The first-order valence-electron chi connectivity index (χ1n) is 2.54. The van der Waals surface area contributed by atoms with Crippen LogP contribution in [0.15, 0.2) is 22.7 Å². The Labute approximate surface area is 71.6 Å². The van der Waals surface area contributed by atoms with Crippen molar-refractivity contribution < 1.29 is 0 Å². The molecule has 0 unspecified atom stereocenters. The molecule has 1 aromatic rings. The van der Waals surface area contributed by atoms with Crippen LogP contribution >= 0.6 is 27.5 Å². The normalized spacial score (nSPS) is 8.90. The zero-order valence-electron chi connectivity index (χ0n) is 4.88. The molecule has 0 atom stereocenters. The highest BCUT2D eigenvalue weighted by molar-refractivity contribution is 9.10. The highest BCUT2D eigenvalue weighted by atomic mass is 79.9. The molecule has 0 bridgehead atoms. The minimum Gasteiger partial charge on any atom is -0.0755 e. The number of hydrogen-bond donors (Lipinski definition) is 0. The number of nitrogens with zero attached hydrogens (tertiary/aromatic N) is 2. The molecule has 1 aromatic carbocycles. The SMILES string of the molecule is N#[N+]c1cc(Br)ccc1Cl. The molecular weight excluding hydrogens is 215 g/mol. The third-order valence-electron chi connectivity index (χ3n) is 1.02. The Hall–Kier alpha value is -0.590. The van der Waals surface area contributed by atoms with Gasteiger partial charge in [-0.3, -0.25) is 0 Å². The molecule has 10 heavy (non-hydrogen) atoms. The van der Waals surface area contributed by atoms with Crippen LogP contribution in [0.25, 0.3) is 4.98 Å². The molecule has 50 valence electrons.